The molecule has 0 aliphatic rings. The van der Waals surface area contributed by atoms with Crippen molar-refractivity contribution >= 4 is 19.1 Å². The summed E-state index contributed by atoms with van der Waals surface area (Å²) in [6.07, 6.45) is 4.15. The van der Waals surface area contributed by atoms with Crippen molar-refractivity contribution in [1.82, 2.24) is 14.6 Å². The van der Waals surface area contributed by atoms with Crippen LogP contribution < -0.4 is 5.73 Å². The molecular weight excluding hydrogens is 287 g/mol. The Morgan fingerprint density at radius 3 is 2.81 bits per heavy atom. The molecule has 21 heavy (non-hydrogen) atoms. The zero-order chi connectivity index (χ0) is 14.1. The predicted molar refractivity (Wildman–Crippen MR) is 86.0 cm³/mol. The minimum atomic E-state index is -0.302. The van der Waals surface area contributed by atoms with Crippen molar-refractivity contribution in [3.63, 3.8) is 0 Å². The molecule has 6 heteroatoms. The highest BCUT2D eigenvalue weighted by Gasteiger charge is 2.17. The fraction of sp³-hybridized carbons (Fsp3) is 0.200. The lowest BCUT2D eigenvalue weighted by molar-refractivity contribution is 0.628. The van der Waals surface area contributed by atoms with E-state index in [1.807, 2.05) is 13.0 Å². The van der Waals surface area contributed by atoms with E-state index in [9.17, 15) is 4.39 Å². The Labute approximate surface area is 129 Å². The van der Waals surface area contributed by atoms with E-state index < -0.39 is 0 Å². The molecule has 0 unspecified atom stereocenters. The van der Waals surface area contributed by atoms with Crippen LogP contribution in [0.1, 0.15) is 24.9 Å². The van der Waals surface area contributed by atoms with Crippen LogP contribution in [0.2, 0.25) is 0 Å². The van der Waals surface area contributed by atoms with Crippen LogP contribution in [0, 0.1) is 5.82 Å². The van der Waals surface area contributed by atoms with Crippen molar-refractivity contribution in [3.05, 3.63) is 54.1 Å². The third kappa shape index (κ3) is 2.77. The lowest BCUT2D eigenvalue weighted by Gasteiger charge is -2.15. The van der Waals surface area contributed by atoms with E-state index in [1.54, 1.807) is 35.1 Å². The van der Waals surface area contributed by atoms with Gasteiger partial charge in [0.05, 0.1) is 5.69 Å². The van der Waals surface area contributed by atoms with Crippen LogP contribution in [-0.4, -0.2) is 14.6 Å². The molecule has 0 amide bonds. The van der Waals surface area contributed by atoms with Crippen LogP contribution in [0.25, 0.3) is 16.9 Å². The summed E-state index contributed by atoms with van der Waals surface area (Å²) in [5.74, 6) is -0.302. The van der Waals surface area contributed by atoms with Gasteiger partial charge in [0.1, 0.15) is 5.82 Å². The van der Waals surface area contributed by atoms with Gasteiger partial charge in [-0.1, -0.05) is 19.1 Å². The standard InChI is InChI=1S/C15H15FN4.H2S/c1-2-13(17)11-9-14-18-7-8-20(14)19-15(11)10-5-3-4-6-12(10)16;/h3-9,13H,2,17H2,1H3;1H2/t13-;/m0./s1. The molecule has 0 saturated heterocycles. The molecular formula is C15H17FN4S. The van der Waals surface area contributed by atoms with Crippen LogP contribution in [0.3, 0.4) is 0 Å². The lowest BCUT2D eigenvalue weighted by Crippen LogP contribution is -2.13. The zero-order valence-corrected chi connectivity index (χ0v) is 12.6. The molecule has 0 saturated carbocycles. The summed E-state index contributed by atoms with van der Waals surface area (Å²) in [4.78, 5) is 4.20. The minimum Gasteiger partial charge on any atom is -0.324 e. The normalized spacial score (nSPS) is 12.1. The Morgan fingerprint density at radius 1 is 1.33 bits per heavy atom. The topological polar surface area (TPSA) is 56.2 Å². The monoisotopic (exact) mass is 304 g/mol. The highest BCUT2D eigenvalue weighted by Crippen LogP contribution is 2.29. The van der Waals surface area contributed by atoms with E-state index in [-0.39, 0.29) is 25.4 Å². The van der Waals surface area contributed by atoms with Gasteiger partial charge in [0.2, 0.25) is 0 Å². The first-order valence-electron chi connectivity index (χ1n) is 6.55. The number of nitrogens with two attached hydrogens (primary N) is 1. The first-order valence-corrected chi connectivity index (χ1v) is 6.55. The number of nitrogens with zero attached hydrogens (tertiary/aromatic N) is 3. The van der Waals surface area contributed by atoms with Gasteiger partial charge >= 0.3 is 0 Å². The molecule has 0 spiro atoms. The molecule has 0 fully saturated rings. The van der Waals surface area contributed by atoms with Gasteiger partial charge in [0.15, 0.2) is 5.65 Å². The van der Waals surface area contributed by atoms with E-state index in [0.29, 0.717) is 16.9 Å². The number of benzene rings is 1. The molecule has 3 aromatic rings. The Bertz CT molecular complexity index is 756. The molecule has 3 rings (SSSR count). The van der Waals surface area contributed by atoms with Gasteiger partial charge in [0.25, 0.3) is 0 Å². The van der Waals surface area contributed by atoms with Gasteiger partial charge in [-0.05, 0) is 24.6 Å². The number of aromatic nitrogens is 3. The number of imidazole rings is 1. The van der Waals surface area contributed by atoms with Crippen molar-refractivity contribution in [2.45, 2.75) is 19.4 Å². The first kappa shape index (κ1) is 15.5. The van der Waals surface area contributed by atoms with Crippen molar-refractivity contribution < 1.29 is 4.39 Å². The molecule has 110 valence electrons. The molecule has 1 atom stereocenters. The van der Waals surface area contributed by atoms with Gasteiger partial charge in [-0.15, -0.1) is 0 Å². The van der Waals surface area contributed by atoms with Crippen molar-refractivity contribution in [2.75, 3.05) is 0 Å². The van der Waals surface area contributed by atoms with E-state index in [2.05, 4.69) is 10.1 Å². The SMILES string of the molecule is CC[C@H](N)c1cc2nccn2nc1-c1ccccc1F.S. The minimum absolute atomic E-state index is 0. The first-order chi connectivity index (χ1) is 9.70. The third-order valence-electron chi connectivity index (χ3n) is 3.38. The number of hydrogen-bond acceptors (Lipinski definition) is 3. The lowest BCUT2D eigenvalue weighted by atomic mass is 9.99. The van der Waals surface area contributed by atoms with Gasteiger partial charge in [0, 0.05) is 29.6 Å². The smallest absolute Gasteiger partial charge is 0.153 e. The molecule has 2 heterocycles. The van der Waals surface area contributed by atoms with E-state index in [0.717, 1.165) is 12.0 Å². The van der Waals surface area contributed by atoms with E-state index in [4.69, 9.17) is 5.73 Å². The molecule has 0 aliphatic heterocycles. The summed E-state index contributed by atoms with van der Waals surface area (Å²) in [6, 6.07) is 8.28. The maximum Gasteiger partial charge on any atom is 0.153 e. The second-order valence-electron chi connectivity index (χ2n) is 4.67. The summed E-state index contributed by atoms with van der Waals surface area (Å²) in [5.41, 5.74) is 8.70. The molecule has 0 aliphatic carbocycles. The molecule has 2 N–H and O–H groups in total. The molecule has 2 aromatic heterocycles. The number of halogens is 1. The fourth-order valence-corrected chi connectivity index (χ4v) is 2.23. The van der Waals surface area contributed by atoms with E-state index in [1.165, 1.54) is 6.07 Å². The van der Waals surface area contributed by atoms with Gasteiger partial charge in [-0.25, -0.2) is 13.9 Å². The summed E-state index contributed by atoms with van der Waals surface area (Å²) in [6.45, 7) is 1.99. The van der Waals surface area contributed by atoms with Crippen molar-refractivity contribution in [2.24, 2.45) is 5.73 Å². The summed E-state index contributed by atoms with van der Waals surface area (Å²) < 4.78 is 15.7. The Kier molecular flexibility index (Phi) is 4.59. The number of fused-ring (bicyclic) bond motifs is 1. The predicted octanol–water partition coefficient (Wildman–Crippen LogP) is 3.06. The van der Waals surface area contributed by atoms with Crippen molar-refractivity contribution in [1.29, 1.82) is 0 Å². The third-order valence-corrected chi connectivity index (χ3v) is 3.38. The molecule has 0 radical (unpaired) electrons. The summed E-state index contributed by atoms with van der Waals surface area (Å²) >= 11 is 0. The summed E-state index contributed by atoms with van der Waals surface area (Å²) in [7, 11) is 0. The maximum atomic E-state index is 14.0. The Morgan fingerprint density at radius 2 is 2.10 bits per heavy atom. The van der Waals surface area contributed by atoms with Gasteiger partial charge < -0.3 is 5.73 Å². The second-order valence-corrected chi connectivity index (χ2v) is 4.67. The Hall–Kier alpha value is -1.92. The van der Waals surface area contributed by atoms with Crippen LogP contribution in [0.5, 0.6) is 0 Å². The number of rotatable bonds is 3. The number of hydrogen-bond donors (Lipinski definition) is 1. The molecule has 1 aromatic carbocycles. The quantitative estimate of drug-likeness (QED) is 0.809. The van der Waals surface area contributed by atoms with Crippen LogP contribution in [0.15, 0.2) is 42.7 Å². The van der Waals surface area contributed by atoms with Crippen LogP contribution in [0.4, 0.5) is 4.39 Å². The average Bonchev–Trinajstić information content (AvgIpc) is 2.93. The molecule has 0 bridgehead atoms. The van der Waals surface area contributed by atoms with Gasteiger partial charge in [-0.3, -0.25) is 0 Å². The second kappa shape index (κ2) is 6.24. The average molecular weight is 304 g/mol. The Balaban J connectivity index is 0.00000161. The highest BCUT2D eigenvalue weighted by molar-refractivity contribution is 7.59. The molecule has 4 nitrogen and oxygen atoms in total. The fourth-order valence-electron chi connectivity index (χ4n) is 2.23. The van der Waals surface area contributed by atoms with Gasteiger partial charge in [-0.2, -0.15) is 18.6 Å². The van der Waals surface area contributed by atoms with Crippen LogP contribution in [-0.2, 0) is 0 Å². The maximum absolute atomic E-state index is 14.0. The highest BCUT2D eigenvalue weighted by atomic mass is 32.1. The zero-order valence-electron chi connectivity index (χ0n) is 11.6. The summed E-state index contributed by atoms with van der Waals surface area (Å²) in [5, 5.41) is 4.47. The van der Waals surface area contributed by atoms with Crippen molar-refractivity contribution in [3.8, 4) is 11.3 Å². The largest absolute Gasteiger partial charge is 0.324 e. The van der Waals surface area contributed by atoms with E-state index >= 15 is 0 Å². The van der Waals surface area contributed by atoms with Crippen LogP contribution >= 0.6 is 13.5 Å².